The van der Waals surface area contributed by atoms with E-state index in [1.54, 1.807) is 24.3 Å². The van der Waals surface area contributed by atoms with Gasteiger partial charge in [0.2, 0.25) is 0 Å². The van der Waals surface area contributed by atoms with E-state index in [0.717, 1.165) is 32.1 Å². The predicted molar refractivity (Wildman–Crippen MR) is 208 cm³/mol. The fourth-order valence-electron chi connectivity index (χ4n) is 5.18. The number of unbranched alkanes of at least 4 members (excludes halogenated alkanes) is 15. The van der Waals surface area contributed by atoms with E-state index in [4.69, 9.17) is 9.47 Å². The number of esters is 2. The van der Waals surface area contributed by atoms with Crippen molar-refractivity contribution in [3.63, 3.8) is 0 Å². The average molecular weight is 701 g/mol. The van der Waals surface area contributed by atoms with E-state index in [0.29, 0.717) is 25.7 Å². The molecule has 0 aliphatic heterocycles. The molecular weight excluding hydrogens is 628 g/mol. The first kappa shape index (κ1) is 47.3. The van der Waals surface area contributed by atoms with Crippen molar-refractivity contribution in [2.24, 2.45) is 0 Å². The Labute approximate surface area is 305 Å². The molecular formula is C43H72O7. The Balaban J connectivity index is 3.85. The highest BCUT2D eigenvalue weighted by Gasteiger charge is 2.16. The summed E-state index contributed by atoms with van der Waals surface area (Å²) < 4.78 is 10.5. The maximum atomic E-state index is 12.2. The minimum atomic E-state index is -0.860. The number of aliphatic hydroxyl groups excluding tert-OH is 3. The number of rotatable bonds is 34. The maximum Gasteiger partial charge on any atom is 0.306 e. The zero-order valence-electron chi connectivity index (χ0n) is 31.6. The SMILES string of the molecule is CC/C=C\C[C@H](O)/C=C/C=C\C/C=C\C=C\[C@H](O)/C=C\CCCC(=O)O[C@@H](CO)COC(=O)CCCCCCCCCCCCCCCCC. The van der Waals surface area contributed by atoms with Crippen LogP contribution in [0.4, 0.5) is 0 Å². The lowest BCUT2D eigenvalue weighted by Gasteiger charge is -2.15. The van der Waals surface area contributed by atoms with Gasteiger partial charge in [0.1, 0.15) is 6.61 Å². The van der Waals surface area contributed by atoms with E-state index in [9.17, 15) is 24.9 Å². The average Bonchev–Trinajstić information content (AvgIpc) is 3.10. The van der Waals surface area contributed by atoms with Gasteiger partial charge in [-0.15, -0.1) is 0 Å². The molecule has 0 aromatic carbocycles. The third kappa shape index (κ3) is 35.1. The van der Waals surface area contributed by atoms with Crippen LogP contribution in [0.5, 0.6) is 0 Å². The number of hydrogen-bond donors (Lipinski definition) is 3. The quantitative estimate of drug-likeness (QED) is 0.0265. The number of ether oxygens (including phenoxy) is 2. The molecule has 7 nitrogen and oxygen atoms in total. The Kier molecular flexibility index (Phi) is 35.5. The van der Waals surface area contributed by atoms with Gasteiger partial charge in [0, 0.05) is 12.8 Å². The highest BCUT2D eigenvalue weighted by atomic mass is 16.6. The van der Waals surface area contributed by atoms with Crippen LogP contribution < -0.4 is 0 Å². The summed E-state index contributed by atoms with van der Waals surface area (Å²) in [5.74, 6) is -0.776. The third-order valence-electron chi connectivity index (χ3n) is 8.19. The second kappa shape index (κ2) is 37.5. The van der Waals surface area contributed by atoms with Crippen LogP contribution >= 0.6 is 0 Å². The summed E-state index contributed by atoms with van der Waals surface area (Å²) in [6.07, 6.45) is 43.2. The van der Waals surface area contributed by atoms with Crippen LogP contribution in [0.2, 0.25) is 0 Å². The molecule has 0 fully saturated rings. The van der Waals surface area contributed by atoms with E-state index in [1.807, 2.05) is 48.6 Å². The highest BCUT2D eigenvalue weighted by Crippen LogP contribution is 2.14. The number of allylic oxidation sites excluding steroid dienone is 8. The lowest BCUT2D eigenvalue weighted by Crippen LogP contribution is -2.28. The predicted octanol–water partition coefficient (Wildman–Crippen LogP) is 10.1. The Morgan fingerprint density at radius 3 is 1.74 bits per heavy atom. The van der Waals surface area contributed by atoms with Gasteiger partial charge in [-0.25, -0.2) is 0 Å². The van der Waals surface area contributed by atoms with Gasteiger partial charge in [0.15, 0.2) is 6.10 Å². The summed E-state index contributed by atoms with van der Waals surface area (Å²) >= 11 is 0. The number of hydrogen-bond acceptors (Lipinski definition) is 7. The molecule has 0 heterocycles. The van der Waals surface area contributed by atoms with Crippen molar-refractivity contribution in [1.82, 2.24) is 0 Å². The van der Waals surface area contributed by atoms with Gasteiger partial charge in [-0.05, 0) is 38.5 Å². The summed E-state index contributed by atoms with van der Waals surface area (Å²) in [6, 6.07) is 0. The monoisotopic (exact) mass is 701 g/mol. The van der Waals surface area contributed by atoms with Crippen LogP contribution in [-0.2, 0) is 19.1 Å². The van der Waals surface area contributed by atoms with Gasteiger partial charge in [-0.3, -0.25) is 9.59 Å². The molecule has 0 bridgehead atoms. The third-order valence-corrected chi connectivity index (χ3v) is 8.19. The van der Waals surface area contributed by atoms with Crippen LogP contribution in [0.15, 0.2) is 72.9 Å². The molecule has 0 amide bonds. The largest absolute Gasteiger partial charge is 0.462 e. The van der Waals surface area contributed by atoms with Gasteiger partial charge in [-0.1, -0.05) is 177 Å². The normalized spacial score (nSPS) is 14.3. The van der Waals surface area contributed by atoms with Gasteiger partial charge in [0.25, 0.3) is 0 Å². The van der Waals surface area contributed by atoms with Crippen LogP contribution in [0, 0.1) is 0 Å². The minimum absolute atomic E-state index is 0.138. The first-order valence-corrected chi connectivity index (χ1v) is 19.7. The Morgan fingerprint density at radius 1 is 0.600 bits per heavy atom. The zero-order chi connectivity index (χ0) is 36.8. The lowest BCUT2D eigenvalue weighted by atomic mass is 10.0. The van der Waals surface area contributed by atoms with E-state index in [-0.39, 0.29) is 19.0 Å². The topological polar surface area (TPSA) is 113 Å². The first-order chi connectivity index (χ1) is 24.4. The molecule has 3 N–H and O–H groups in total. The van der Waals surface area contributed by atoms with Crippen LogP contribution in [-0.4, -0.2) is 58.8 Å². The second-order valence-corrected chi connectivity index (χ2v) is 13.0. The second-order valence-electron chi connectivity index (χ2n) is 13.0. The molecule has 0 aromatic rings. The maximum absolute atomic E-state index is 12.2. The molecule has 0 radical (unpaired) electrons. The summed E-state index contributed by atoms with van der Waals surface area (Å²) in [5, 5.41) is 29.4. The molecule has 0 spiro atoms. The van der Waals surface area contributed by atoms with Gasteiger partial charge in [0.05, 0.1) is 18.8 Å². The van der Waals surface area contributed by atoms with Crippen molar-refractivity contribution in [2.45, 2.75) is 173 Å². The van der Waals surface area contributed by atoms with Crippen molar-refractivity contribution in [3.05, 3.63) is 72.9 Å². The first-order valence-electron chi connectivity index (χ1n) is 19.7. The van der Waals surface area contributed by atoms with E-state index in [2.05, 4.69) is 13.8 Å². The van der Waals surface area contributed by atoms with E-state index < -0.39 is 30.9 Å². The fraction of sp³-hybridized carbons (Fsp3) is 0.674. The van der Waals surface area contributed by atoms with Crippen molar-refractivity contribution in [3.8, 4) is 0 Å². The van der Waals surface area contributed by atoms with Gasteiger partial charge < -0.3 is 24.8 Å². The molecule has 0 saturated heterocycles. The molecule has 7 heteroatoms. The van der Waals surface area contributed by atoms with Crippen molar-refractivity contribution in [1.29, 1.82) is 0 Å². The molecule has 50 heavy (non-hydrogen) atoms. The van der Waals surface area contributed by atoms with E-state index >= 15 is 0 Å². The standard InChI is InChI=1S/C43H72O7/c1-3-5-7-8-9-10-11-12-13-14-15-16-20-23-29-35-42(47)49-38-41(37-44)50-43(48)36-30-24-28-34-40(46)33-27-22-19-17-18-21-26-32-39(45)31-25-6-4-2/h6,18-19,21-22,25-28,32-34,39-41,44-46H,3-5,7-17,20,23-24,29-31,35-38H2,1-2H3/b21-18-,22-19-,25-6-,32-26+,33-27+,34-28-/t39-,40-,41-/m0/s1. The fourth-order valence-corrected chi connectivity index (χ4v) is 5.18. The Morgan fingerprint density at radius 2 is 1.16 bits per heavy atom. The summed E-state index contributed by atoms with van der Waals surface area (Å²) in [7, 11) is 0. The molecule has 0 saturated carbocycles. The minimum Gasteiger partial charge on any atom is -0.462 e. The number of carbonyl (C=O) groups excluding carboxylic acids is 2. The van der Waals surface area contributed by atoms with Crippen molar-refractivity contribution >= 4 is 11.9 Å². The molecule has 0 aromatic heterocycles. The summed E-state index contributed by atoms with van der Waals surface area (Å²) in [5.41, 5.74) is 0. The lowest BCUT2D eigenvalue weighted by molar-refractivity contribution is -0.161. The van der Waals surface area contributed by atoms with Gasteiger partial charge in [-0.2, -0.15) is 0 Å². The highest BCUT2D eigenvalue weighted by molar-refractivity contribution is 5.70. The van der Waals surface area contributed by atoms with Crippen molar-refractivity contribution < 1.29 is 34.4 Å². The molecule has 3 atom stereocenters. The number of carbonyl (C=O) groups is 2. The Hall–Kier alpha value is -2.74. The van der Waals surface area contributed by atoms with Crippen LogP contribution in [0.3, 0.4) is 0 Å². The Bertz CT molecular complexity index is 962. The zero-order valence-corrected chi connectivity index (χ0v) is 31.6. The molecule has 0 rings (SSSR count). The van der Waals surface area contributed by atoms with E-state index in [1.165, 1.54) is 77.0 Å². The molecule has 0 aliphatic carbocycles. The molecule has 0 unspecified atom stereocenters. The van der Waals surface area contributed by atoms with Gasteiger partial charge >= 0.3 is 11.9 Å². The summed E-state index contributed by atoms with van der Waals surface area (Å²) in [4.78, 5) is 24.2. The molecule has 286 valence electrons. The van der Waals surface area contributed by atoms with Crippen molar-refractivity contribution in [2.75, 3.05) is 13.2 Å². The van der Waals surface area contributed by atoms with Crippen LogP contribution in [0.1, 0.15) is 155 Å². The van der Waals surface area contributed by atoms with Crippen LogP contribution in [0.25, 0.3) is 0 Å². The summed E-state index contributed by atoms with van der Waals surface area (Å²) in [6.45, 7) is 3.78. The smallest absolute Gasteiger partial charge is 0.306 e. The number of aliphatic hydroxyl groups is 3. The molecule has 0 aliphatic rings.